The van der Waals surface area contributed by atoms with Gasteiger partial charge < -0.3 is 10.2 Å². The lowest BCUT2D eigenvalue weighted by atomic mass is 10.2. The molecule has 0 aliphatic heterocycles. The zero-order valence-electron chi connectivity index (χ0n) is 9.74. The molecule has 0 aliphatic rings. The maximum absolute atomic E-state index is 5.93. The molecule has 90 valence electrons. The fourth-order valence-electron chi connectivity index (χ4n) is 1.77. The van der Waals surface area contributed by atoms with Crippen LogP contribution in [0.2, 0.25) is 0 Å². The Bertz CT molecular complexity index is 671. The summed E-state index contributed by atoms with van der Waals surface area (Å²) in [5, 5.41) is 12.2. The molecule has 0 aromatic carbocycles. The van der Waals surface area contributed by atoms with Crippen LogP contribution in [0, 0.1) is 6.92 Å². The largest absolute Gasteiger partial charge is 0.469 e. The van der Waals surface area contributed by atoms with Crippen molar-refractivity contribution in [2.24, 2.45) is 0 Å². The number of rotatable bonds is 2. The van der Waals surface area contributed by atoms with Crippen molar-refractivity contribution in [1.29, 1.82) is 0 Å². The Labute approximate surface area is 103 Å². The number of furan rings is 1. The highest BCUT2D eigenvalue weighted by Crippen LogP contribution is 2.25. The number of hydrogen-bond donors (Lipinski definition) is 1. The molecular weight excluding hydrogens is 230 g/mol. The molecule has 3 rings (SSSR count). The van der Waals surface area contributed by atoms with Crippen LogP contribution in [0.5, 0.6) is 0 Å². The molecule has 0 spiro atoms. The van der Waals surface area contributed by atoms with Gasteiger partial charge in [-0.3, -0.25) is 0 Å². The maximum Gasteiger partial charge on any atom is 0.177 e. The number of aromatic nitrogens is 4. The van der Waals surface area contributed by atoms with Gasteiger partial charge in [-0.1, -0.05) is 0 Å². The van der Waals surface area contributed by atoms with Crippen molar-refractivity contribution < 1.29 is 4.42 Å². The number of anilines is 1. The molecule has 2 N–H and O–H groups in total. The zero-order chi connectivity index (χ0) is 12.5. The summed E-state index contributed by atoms with van der Waals surface area (Å²) in [4.78, 5) is 0. The highest BCUT2D eigenvalue weighted by Gasteiger charge is 2.12. The first-order valence-corrected chi connectivity index (χ1v) is 5.44. The van der Waals surface area contributed by atoms with E-state index in [2.05, 4.69) is 15.3 Å². The van der Waals surface area contributed by atoms with E-state index in [9.17, 15) is 0 Å². The molecule has 0 bridgehead atoms. The average Bonchev–Trinajstić information content (AvgIpc) is 2.96. The van der Waals surface area contributed by atoms with E-state index >= 15 is 0 Å². The molecule has 0 saturated carbocycles. The molecule has 18 heavy (non-hydrogen) atoms. The molecule has 0 saturated heterocycles. The van der Waals surface area contributed by atoms with Gasteiger partial charge >= 0.3 is 0 Å². The second-order valence-electron chi connectivity index (χ2n) is 3.84. The molecule has 0 amide bonds. The first kappa shape index (κ1) is 10.5. The van der Waals surface area contributed by atoms with Gasteiger partial charge in [0.15, 0.2) is 5.82 Å². The van der Waals surface area contributed by atoms with Crippen LogP contribution < -0.4 is 5.73 Å². The van der Waals surface area contributed by atoms with E-state index in [1.165, 1.54) is 0 Å². The Morgan fingerprint density at radius 2 is 2.22 bits per heavy atom. The summed E-state index contributed by atoms with van der Waals surface area (Å²) in [6.45, 7) is 1.88. The van der Waals surface area contributed by atoms with Gasteiger partial charge in [-0.25, -0.2) is 0 Å². The van der Waals surface area contributed by atoms with Crippen LogP contribution in [0.1, 0.15) is 5.76 Å². The van der Waals surface area contributed by atoms with E-state index in [1.54, 1.807) is 35.3 Å². The van der Waals surface area contributed by atoms with E-state index in [0.717, 1.165) is 17.0 Å². The smallest absolute Gasteiger partial charge is 0.177 e. The third kappa shape index (κ3) is 1.64. The van der Waals surface area contributed by atoms with Crippen LogP contribution in [0.3, 0.4) is 0 Å². The number of aryl methyl sites for hydroxylation is 1. The van der Waals surface area contributed by atoms with Gasteiger partial charge in [-0.15, -0.1) is 5.10 Å². The summed E-state index contributed by atoms with van der Waals surface area (Å²) in [6.07, 6.45) is 3.23. The van der Waals surface area contributed by atoms with Crippen molar-refractivity contribution in [2.45, 2.75) is 6.92 Å². The maximum atomic E-state index is 5.93. The van der Waals surface area contributed by atoms with E-state index in [-0.39, 0.29) is 0 Å². The van der Waals surface area contributed by atoms with Crippen molar-refractivity contribution >= 4 is 5.82 Å². The van der Waals surface area contributed by atoms with Crippen molar-refractivity contribution in [2.75, 3.05) is 5.73 Å². The normalized spacial score (nSPS) is 10.7. The molecule has 0 atom stereocenters. The minimum atomic E-state index is 0.506. The highest BCUT2D eigenvalue weighted by atomic mass is 16.3. The van der Waals surface area contributed by atoms with Gasteiger partial charge in [-0.2, -0.15) is 14.9 Å². The van der Waals surface area contributed by atoms with Crippen LogP contribution in [0.4, 0.5) is 5.82 Å². The standard InChI is InChI=1S/C12H11N5O/c1-8-9(4-6-18-8)10-7-11(13)17(16-10)12-3-2-5-14-15-12/h2-7H,13H2,1H3. The van der Waals surface area contributed by atoms with Gasteiger partial charge in [-0.05, 0) is 25.1 Å². The Morgan fingerprint density at radius 3 is 2.89 bits per heavy atom. The predicted octanol–water partition coefficient (Wildman–Crippen LogP) is 1.81. The van der Waals surface area contributed by atoms with Crippen molar-refractivity contribution in [3.63, 3.8) is 0 Å². The van der Waals surface area contributed by atoms with Crippen LogP contribution in [0.25, 0.3) is 17.1 Å². The molecule has 0 radical (unpaired) electrons. The third-order valence-electron chi connectivity index (χ3n) is 2.65. The summed E-state index contributed by atoms with van der Waals surface area (Å²) in [6, 6.07) is 7.22. The number of nitrogens with zero attached hydrogens (tertiary/aromatic N) is 4. The molecule has 6 nitrogen and oxygen atoms in total. The van der Waals surface area contributed by atoms with Gasteiger partial charge in [0.25, 0.3) is 0 Å². The van der Waals surface area contributed by atoms with Gasteiger partial charge in [0.2, 0.25) is 0 Å². The lowest BCUT2D eigenvalue weighted by molar-refractivity contribution is 0.535. The summed E-state index contributed by atoms with van der Waals surface area (Å²) in [7, 11) is 0. The van der Waals surface area contributed by atoms with E-state index in [4.69, 9.17) is 10.2 Å². The monoisotopic (exact) mass is 241 g/mol. The lowest BCUT2D eigenvalue weighted by Gasteiger charge is -2.00. The molecule has 3 heterocycles. The average molecular weight is 241 g/mol. The van der Waals surface area contributed by atoms with Crippen molar-refractivity contribution in [3.8, 4) is 17.1 Å². The Hall–Kier alpha value is -2.63. The second-order valence-corrected chi connectivity index (χ2v) is 3.84. The van der Waals surface area contributed by atoms with Crippen LogP contribution in [0.15, 0.2) is 41.1 Å². The Kier molecular flexibility index (Phi) is 2.33. The first-order valence-electron chi connectivity index (χ1n) is 5.44. The van der Waals surface area contributed by atoms with Crippen molar-refractivity contribution in [1.82, 2.24) is 20.0 Å². The van der Waals surface area contributed by atoms with E-state index in [0.29, 0.717) is 11.6 Å². The van der Waals surface area contributed by atoms with Crippen LogP contribution in [-0.2, 0) is 0 Å². The molecule has 0 aliphatic carbocycles. The zero-order valence-corrected chi connectivity index (χ0v) is 9.74. The van der Waals surface area contributed by atoms with Gasteiger partial charge in [0.05, 0.1) is 12.0 Å². The molecule has 0 fully saturated rings. The summed E-state index contributed by atoms with van der Waals surface area (Å²) < 4.78 is 6.81. The Balaban J connectivity index is 2.10. The third-order valence-corrected chi connectivity index (χ3v) is 2.65. The number of hydrogen-bond acceptors (Lipinski definition) is 5. The number of nitrogens with two attached hydrogens (primary N) is 1. The minimum absolute atomic E-state index is 0.506. The SMILES string of the molecule is Cc1occc1-c1cc(N)n(-c2cccnn2)n1. The Morgan fingerprint density at radius 1 is 1.33 bits per heavy atom. The van der Waals surface area contributed by atoms with E-state index < -0.39 is 0 Å². The minimum Gasteiger partial charge on any atom is -0.469 e. The second kappa shape index (κ2) is 3.99. The molecule has 6 heteroatoms. The van der Waals surface area contributed by atoms with Gasteiger partial charge in [0, 0.05) is 17.8 Å². The van der Waals surface area contributed by atoms with Crippen LogP contribution >= 0.6 is 0 Å². The summed E-state index contributed by atoms with van der Waals surface area (Å²) in [5.74, 6) is 1.90. The predicted molar refractivity (Wildman–Crippen MR) is 66.0 cm³/mol. The van der Waals surface area contributed by atoms with E-state index in [1.807, 2.05) is 13.0 Å². The highest BCUT2D eigenvalue weighted by molar-refractivity contribution is 5.64. The quantitative estimate of drug-likeness (QED) is 0.739. The van der Waals surface area contributed by atoms with Crippen molar-refractivity contribution in [3.05, 3.63) is 42.5 Å². The van der Waals surface area contributed by atoms with Gasteiger partial charge in [0.1, 0.15) is 11.6 Å². The summed E-state index contributed by atoms with van der Waals surface area (Å²) >= 11 is 0. The molecule has 3 aromatic rings. The number of nitrogen functional groups attached to an aromatic ring is 1. The molecular formula is C12H11N5O. The molecule has 0 unspecified atom stereocenters. The van der Waals surface area contributed by atoms with Crippen LogP contribution in [-0.4, -0.2) is 20.0 Å². The topological polar surface area (TPSA) is 82.8 Å². The molecule has 3 aromatic heterocycles. The lowest BCUT2D eigenvalue weighted by Crippen LogP contribution is -2.04. The first-order chi connectivity index (χ1) is 8.75. The fraction of sp³-hybridized carbons (Fsp3) is 0.0833. The summed E-state index contributed by atoms with van der Waals surface area (Å²) in [5.41, 5.74) is 7.61. The fourth-order valence-corrected chi connectivity index (χ4v) is 1.77.